The largest absolute Gasteiger partial charge is 0.463 e. The van der Waals surface area contributed by atoms with Crippen molar-refractivity contribution in [1.82, 2.24) is 0 Å². The van der Waals surface area contributed by atoms with Gasteiger partial charge in [0.25, 0.3) is 0 Å². The van der Waals surface area contributed by atoms with Crippen molar-refractivity contribution < 1.29 is 14.3 Å². The Morgan fingerprint density at radius 1 is 1.00 bits per heavy atom. The van der Waals surface area contributed by atoms with E-state index in [1.54, 1.807) is 0 Å². The number of ether oxygens (including phenoxy) is 1. The van der Waals surface area contributed by atoms with Crippen LogP contribution in [0.2, 0.25) is 0 Å². The fourth-order valence-corrected chi connectivity index (χ4v) is 9.37. The third-order valence-electron chi connectivity index (χ3n) is 10.9. The lowest BCUT2D eigenvalue weighted by molar-refractivity contribution is -0.169. The Labute approximate surface area is 196 Å². The summed E-state index contributed by atoms with van der Waals surface area (Å²) in [7, 11) is 0. The maximum atomic E-state index is 13.5. The van der Waals surface area contributed by atoms with Gasteiger partial charge in [0.15, 0.2) is 0 Å². The van der Waals surface area contributed by atoms with E-state index in [1.165, 1.54) is 51.9 Å². The number of esters is 1. The summed E-state index contributed by atoms with van der Waals surface area (Å²) in [5.74, 6) is 4.81. The highest BCUT2D eigenvalue weighted by molar-refractivity contribution is 5.83. The number of rotatable bonds is 6. The highest BCUT2D eigenvalue weighted by atomic mass is 16.5. The molecule has 4 saturated carbocycles. The van der Waals surface area contributed by atoms with Crippen molar-refractivity contribution in [1.29, 1.82) is 0 Å². The number of carbonyl (C=O) groups excluding carboxylic acids is 2. The first-order valence-corrected chi connectivity index (χ1v) is 13.8. The fraction of sp³-hybridized carbons (Fsp3) is 0.931. The molecule has 4 aliphatic rings. The van der Waals surface area contributed by atoms with Crippen LogP contribution in [0.15, 0.2) is 0 Å². The van der Waals surface area contributed by atoms with Crippen molar-refractivity contribution in [3.8, 4) is 0 Å². The van der Waals surface area contributed by atoms with Gasteiger partial charge in [-0.25, -0.2) is 0 Å². The van der Waals surface area contributed by atoms with Crippen molar-refractivity contribution in [3.05, 3.63) is 0 Å². The van der Waals surface area contributed by atoms with Gasteiger partial charge in [0.1, 0.15) is 11.9 Å². The predicted molar refractivity (Wildman–Crippen MR) is 129 cm³/mol. The van der Waals surface area contributed by atoms with E-state index in [4.69, 9.17) is 4.74 Å². The second-order valence-corrected chi connectivity index (χ2v) is 13.1. The lowest BCUT2D eigenvalue weighted by Crippen LogP contribution is -2.57. The monoisotopic (exact) mass is 444 g/mol. The molecule has 0 spiro atoms. The van der Waals surface area contributed by atoms with Crippen molar-refractivity contribution in [2.75, 3.05) is 0 Å². The minimum Gasteiger partial charge on any atom is -0.463 e. The van der Waals surface area contributed by atoms with Crippen LogP contribution in [-0.2, 0) is 14.3 Å². The van der Waals surface area contributed by atoms with E-state index in [0.29, 0.717) is 23.0 Å². The Bertz CT molecular complexity index is 713. The van der Waals surface area contributed by atoms with E-state index < -0.39 is 0 Å². The lowest BCUT2D eigenvalue weighted by atomic mass is 9.44. The van der Waals surface area contributed by atoms with Gasteiger partial charge in [-0.05, 0) is 91.3 Å². The summed E-state index contributed by atoms with van der Waals surface area (Å²) in [4.78, 5) is 25.0. The van der Waals surface area contributed by atoms with E-state index in [9.17, 15) is 9.59 Å². The molecule has 0 aromatic carbocycles. The van der Waals surface area contributed by atoms with Crippen molar-refractivity contribution in [2.45, 2.75) is 118 Å². The summed E-state index contributed by atoms with van der Waals surface area (Å²) in [6.45, 7) is 13.7. The molecule has 0 amide bonds. The summed E-state index contributed by atoms with van der Waals surface area (Å²) in [6, 6.07) is 0. The van der Waals surface area contributed by atoms with Crippen LogP contribution in [0.4, 0.5) is 0 Å². The third-order valence-corrected chi connectivity index (χ3v) is 10.9. The van der Waals surface area contributed by atoms with E-state index in [1.807, 2.05) is 0 Å². The first-order valence-electron chi connectivity index (χ1n) is 13.8. The van der Waals surface area contributed by atoms with Gasteiger partial charge in [-0.3, -0.25) is 9.59 Å². The van der Waals surface area contributed by atoms with E-state index in [0.717, 1.165) is 49.4 Å². The average molecular weight is 445 g/mol. The summed E-state index contributed by atoms with van der Waals surface area (Å²) in [6.07, 6.45) is 12.9. The van der Waals surface area contributed by atoms with Crippen LogP contribution in [0.1, 0.15) is 112 Å². The second-order valence-electron chi connectivity index (χ2n) is 13.1. The fourth-order valence-electron chi connectivity index (χ4n) is 9.37. The zero-order valence-electron chi connectivity index (χ0n) is 21.6. The SMILES string of the molecule is CC(=O)O[C@H]1CC[C@@]2(C)[C@H](C1)C(=O)C[C@H]1[C@H]3CC[C@H]([C@H](C)CCCC(C)C)[C@@]3(C)CC[C@@H]12. The molecule has 0 aromatic rings. The van der Waals surface area contributed by atoms with Crippen LogP contribution in [0.3, 0.4) is 0 Å². The van der Waals surface area contributed by atoms with Gasteiger partial charge in [0.2, 0.25) is 0 Å². The molecular formula is C29H48O3. The number of fused-ring (bicyclic) bond motifs is 5. The summed E-state index contributed by atoms with van der Waals surface area (Å²) < 4.78 is 5.55. The molecule has 182 valence electrons. The van der Waals surface area contributed by atoms with Gasteiger partial charge in [-0.2, -0.15) is 0 Å². The van der Waals surface area contributed by atoms with Crippen LogP contribution in [0.5, 0.6) is 0 Å². The zero-order valence-corrected chi connectivity index (χ0v) is 21.6. The van der Waals surface area contributed by atoms with Gasteiger partial charge in [0, 0.05) is 19.3 Å². The van der Waals surface area contributed by atoms with Crippen molar-refractivity contribution >= 4 is 11.8 Å². The molecular weight excluding hydrogens is 396 g/mol. The minimum absolute atomic E-state index is 0.0533. The third kappa shape index (κ3) is 4.20. The molecule has 0 radical (unpaired) electrons. The Morgan fingerprint density at radius 3 is 2.38 bits per heavy atom. The topological polar surface area (TPSA) is 43.4 Å². The zero-order chi connectivity index (χ0) is 23.3. The van der Waals surface area contributed by atoms with Gasteiger partial charge in [0.05, 0.1) is 0 Å². The quantitative estimate of drug-likeness (QED) is 0.406. The Morgan fingerprint density at radius 2 is 1.69 bits per heavy atom. The Kier molecular flexibility index (Phi) is 6.87. The highest BCUT2D eigenvalue weighted by Crippen LogP contribution is 2.68. The highest BCUT2D eigenvalue weighted by Gasteiger charge is 2.62. The molecule has 0 aromatic heterocycles. The van der Waals surface area contributed by atoms with E-state index >= 15 is 0 Å². The first-order chi connectivity index (χ1) is 15.1. The number of Topliss-reactive ketones (excluding diaryl/α,β-unsaturated/α-hetero) is 1. The molecule has 0 bridgehead atoms. The van der Waals surface area contributed by atoms with Crippen LogP contribution in [-0.4, -0.2) is 17.9 Å². The molecule has 0 unspecified atom stereocenters. The molecule has 0 N–H and O–H groups in total. The number of hydrogen-bond donors (Lipinski definition) is 0. The van der Waals surface area contributed by atoms with Gasteiger partial charge in [-0.1, -0.05) is 53.9 Å². The minimum atomic E-state index is -0.201. The normalized spacial score (nSPS) is 44.5. The number of ketones is 1. The van der Waals surface area contributed by atoms with Gasteiger partial charge < -0.3 is 4.74 Å². The first kappa shape index (κ1) is 24.3. The molecule has 4 rings (SSSR count). The molecule has 32 heavy (non-hydrogen) atoms. The van der Waals surface area contributed by atoms with Crippen LogP contribution < -0.4 is 0 Å². The average Bonchev–Trinajstić information content (AvgIpc) is 3.06. The van der Waals surface area contributed by atoms with Crippen molar-refractivity contribution in [2.24, 2.45) is 52.3 Å². The molecule has 3 heteroatoms. The summed E-state index contributed by atoms with van der Waals surface area (Å²) in [5.41, 5.74) is 0.537. The van der Waals surface area contributed by atoms with Crippen molar-refractivity contribution in [3.63, 3.8) is 0 Å². The van der Waals surface area contributed by atoms with Gasteiger partial charge >= 0.3 is 5.97 Å². The van der Waals surface area contributed by atoms with Crippen LogP contribution >= 0.6 is 0 Å². The standard InChI is InChI=1S/C29H48O3/c1-18(2)8-7-9-19(3)23-10-11-24-22-17-27(31)26-16-21(32-20(4)30)12-14-29(26,6)25(22)13-15-28(23,24)5/h18-19,21-26H,7-17H2,1-6H3/t19-,21+,22+,23-,24-,25+,26-,28-,29-/m1/s1. The van der Waals surface area contributed by atoms with E-state index in [-0.39, 0.29) is 23.4 Å². The Balaban J connectivity index is 1.48. The smallest absolute Gasteiger partial charge is 0.302 e. The molecule has 0 saturated heterocycles. The summed E-state index contributed by atoms with van der Waals surface area (Å²) in [5, 5.41) is 0. The predicted octanol–water partition coefficient (Wildman–Crippen LogP) is 7.22. The molecule has 0 aliphatic heterocycles. The number of carbonyl (C=O) groups is 2. The van der Waals surface area contributed by atoms with Crippen LogP contribution in [0, 0.1) is 52.3 Å². The number of hydrogen-bond acceptors (Lipinski definition) is 3. The maximum Gasteiger partial charge on any atom is 0.302 e. The molecule has 3 nitrogen and oxygen atoms in total. The van der Waals surface area contributed by atoms with E-state index in [2.05, 4.69) is 34.6 Å². The van der Waals surface area contributed by atoms with Crippen LogP contribution in [0.25, 0.3) is 0 Å². The molecule has 9 atom stereocenters. The summed E-state index contributed by atoms with van der Waals surface area (Å²) >= 11 is 0. The lowest BCUT2D eigenvalue weighted by Gasteiger charge is -2.60. The Hall–Kier alpha value is -0.860. The molecule has 4 fully saturated rings. The maximum absolute atomic E-state index is 13.5. The van der Waals surface area contributed by atoms with Gasteiger partial charge in [-0.15, -0.1) is 0 Å². The second kappa shape index (κ2) is 9.06. The molecule has 4 aliphatic carbocycles. The molecule has 0 heterocycles.